The van der Waals surface area contributed by atoms with Gasteiger partial charge in [0.1, 0.15) is 0 Å². The summed E-state index contributed by atoms with van der Waals surface area (Å²) in [5, 5.41) is 0. The molecule has 0 saturated carbocycles. The van der Waals surface area contributed by atoms with Crippen molar-refractivity contribution in [1.29, 1.82) is 0 Å². The van der Waals surface area contributed by atoms with E-state index in [0.29, 0.717) is 39.3 Å². The van der Waals surface area contributed by atoms with Crippen LogP contribution in [0.3, 0.4) is 0 Å². The zero-order valence-electron chi connectivity index (χ0n) is 12.5. The normalized spacial score (nSPS) is 17.2. The van der Waals surface area contributed by atoms with Crippen LogP contribution in [-0.2, 0) is 14.8 Å². The van der Waals surface area contributed by atoms with Crippen LogP contribution >= 0.6 is 0 Å². The van der Waals surface area contributed by atoms with Gasteiger partial charge in [0.25, 0.3) is 0 Å². The van der Waals surface area contributed by atoms with Gasteiger partial charge in [-0.2, -0.15) is 4.31 Å². The van der Waals surface area contributed by atoms with Gasteiger partial charge in [-0.3, -0.25) is 0 Å². The number of hydrogen-bond donors (Lipinski definition) is 0. The fourth-order valence-electron chi connectivity index (χ4n) is 2.17. The molecule has 1 aliphatic heterocycles. The van der Waals surface area contributed by atoms with E-state index in [2.05, 4.69) is 0 Å². The van der Waals surface area contributed by atoms with Gasteiger partial charge in [-0.1, -0.05) is 0 Å². The number of rotatable bonds is 6. The fraction of sp³-hybridized carbons (Fsp3) is 0.917. The molecule has 118 valence electrons. The zero-order chi connectivity index (χ0) is 15.2. The summed E-state index contributed by atoms with van der Waals surface area (Å²) in [6, 6.07) is -0.0102. The van der Waals surface area contributed by atoms with E-state index in [1.807, 2.05) is 13.8 Å². The Labute approximate surface area is 121 Å². The van der Waals surface area contributed by atoms with Crippen molar-refractivity contribution in [1.82, 2.24) is 14.1 Å². The fourth-order valence-corrected chi connectivity index (χ4v) is 3.52. The molecule has 0 radical (unpaired) electrons. The van der Waals surface area contributed by atoms with E-state index in [-0.39, 0.29) is 18.4 Å². The van der Waals surface area contributed by atoms with Crippen molar-refractivity contribution in [2.45, 2.75) is 13.8 Å². The summed E-state index contributed by atoms with van der Waals surface area (Å²) in [4.78, 5) is 15.6. The molecule has 1 fully saturated rings. The lowest BCUT2D eigenvalue weighted by atomic mass is 10.4. The Bertz CT molecular complexity index is 401. The van der Waals surface area contributed by atoms with E-state index in [4.69, 9.17) is 4.74 Å². The smallest absolute Gasteiger partial charge is 0.320 e. The highest BCUT2D eigenvalue weighted by Gasteiger charge is 2.29. The Balaban J connectivity index is 2.53. The molecule has 1 saturated heterocycles. The molecule has 1 heterocycles. The third-order valence-electron chi connectivity index (χ3n) is 3.48. The molecule has 2 amide bonds. The number of urea groups is 1. The SMILES string of the molecule is CCN(CC)C(=O)N1CCN(S(=O)(=O)CCOC)CC1. The van der Waals surface area contributed by atoms with E-state index in [1.165, 1.54) is 11.4 Å². The van der Waals surface area contributed by atoms with Gasteiger partial charge in [0.05, 0.1) is 12.4 Å². The maximum absolute atomic E-state index is 12.2. The summed E-state index contributed by atoms with van der Waals surface area (Å²) in [6.45, 7) is 7.02. The van der Waals surface area contributed by atoms with E-state index in [9.17, 15) is 13.2 Å². The molecule has 0 aromatic rings. The van der Waals surface area contributed by atoms with Crippen LogP contribution in [0.15, 0.2) is 0 Å². The number of carbonyl (C=O) groups is 1. The third kappa shape index (κ3) is 4.32. The van der Waals surface area contributed by atoms with Crippen LogP contribution < -0.4 is 0 Å². The lowest BCUT2D eigenvalue weighted by Gasteiger charge is -2.36. The van der Waals surface area contributed by atoms with Crippen molar-refractivity contribution in [3.63, 3.8) is 0 Å². The average Bonchev–Trinajstić information content (AvgIpc) is 2.46. The van der Waals surface area contributed by atoms with E-state index < -0.39 is 10.0 Å². The minimum Gasteiger partial charge on any atom is -0.384 e. The maximum Gasteiger partial charge on any atom is 0.320 e. The number of piperazine rings is 1. The van der Waals surface area contributed by atoms with Crippen LogP contribution in [0.1, 0.15) is 13.8 Å². The predicted octanol–water partition coefficient (Wildman–Crippen LogP) is 0.0420. The molecule has 1 aliphatic rings. The summed E-state index contributed by atoms with van der Waals surface area (Å²) in [7, 11) is -1.79. The molecule has 0 spiro atoms. The van der Waals surface area contributed by atoms with Gasteiger partial charge in [0.15, 0.2) is 0 Å². The molecule has 0 aliphatic carbocycles. The summed E-state index contributed by atoms with van der Waals surface area (Å²) in [5.74, 6) is -0.00646. The van der Waals surface area contributed by atoms with Crippen LogP contribution in [0.25, 0.3) is 0 Å². The first kappa shape index (κ1) is 17.2. The Morgan fingerprint density at radius 1 is 1.15 bits per heavy atom. The number of ether oxygens (including phenoxy) is 1. The summed E-state index contributed by atoms with van der Waals surface area (Å²) >= 11 is 0. The van der Waals surface area contributed by atoms with Gasteiger partial charge >= 0.3 is 6.03 Å². The molecule has 0 aromatic heterocycles. The topological polar surface area (TPSA) is 70.2 Å². The average molecular weight is 307 g/mol. The van der Waals surface area contributed by atoms with Crippen molar-refractivity contribution in [2.24, 2.45) is 0 Å². The number of carbonyl (C=O) groups excluding carboxylic acids is 1. The second-order valence-corrected chi connectivity index (χ2v) is 6.74. The Morgan fingerprint density at radius 3 is 2.15 bits per heavy atom. The highest BCUT2D eigenvalue weighted by Crippen LogP contribution is 2.10. The van der Waals surface area contributed by atoms with Crippen LogP contribution in [0.2, 0.25) is 0 Å². The third-order valence-corrected chi connectivity index (χ3v) is 5.32. The number of methoxy groups -OCH3 is 1. The number of sulfonamides is 1. The molecular formula is C12H25N3O4S. The molecule has 0 unspecified atom stereocenters. The van der Waals surface area contributed by atoms with Gasteiger partial charge < -0.3 is 14.5 Å². The number of nitrogens with zero attached hydrogens (tertiary/aromatic N) is 3. The minimum atomic E-state index is -3.27. The predicted molar refractivity (Wildman–Crippen MR) is 77.1 cm³/mol. The zero-order valence-corrected chi connectivity index (χ0v) is 13.4. The maximum atomic E-state index is 12.2. The standard InChI is InChI=1S/C12H25N3O4S/c1-4-13(5-2)12(16)14-6-8-15(9-7-14)20(17,18)11-10-19-3/h4-11H2,1-3H3. The van der Waals surface area contributed by atoms with Gasteiger partial charge in [-0.15, -0.1) is 0 Å². The molecule has 0 atom stereocenters. The van der Waals surface area contributed by atoms with Gasteiger partial charge in [-0.25, -0.2) is 13.2 Å². The van der Waals surface area contributed by atoms with E-state index in [1.54, 1.807) is 9.80 Å². The molecule has 0 aromatic carbocycles. The van der Waals surface area contributed by atoms with Gasteiger partial charge in [0.2, 0.25) is 10.0 Å². The van der Waals surface area contributed by atoms with Crippen molar-refractivity contribution in [3.8, 4) is 0 Å². The van der Waals surface area contributed by atoms with Crippen LogP contribution in [0, 0.1) is 0 Å². The second kappa shape index (κ2) is 7.80. The molecular weight excluding hydrogens is 282 g/mol. The van der Waals surface area contributed by atoms with Gasteiger partial charge in [0, 0.05) is 46.4 Å². The van der Waals surface area contributed by atoms with Crippen molar-refractivity contribution < 1.29 is 17.9 Å². The second-order valence-electron chi connectivity index (χ2n) is 4.65. The van der Waals surface area contributed by atoms with Crippen LogP contribution in [0.5, 0.6) is 0 Å². The first-order valence-corrected chi connectivity index (χ1v) is 8.57. The van der Waals surface area contributed by atoms with Crippen molar-refractivity contribution in [2.75, 3.05) is 58.7 Å². The molecule has 20 heavy (non-hydrogen) atoms. The highest BCUT2D eigenvalue weighted by atomic mass is 32.2. The lowest BCUT2D eigenvalue weighted by Crippen LogP contribution is -2.54. The first-order valence-electron chi connectivity index (χ1n) is 6.96. The summed E-state index contributed by atoms with van der Waals surface area (Å²) in [6.07, 6.45) is 0. The summed E-state index contributed by atoms with van der Waals surface area (Å²) < 4.78 is 30.3. The van der Waals surface area contributed by atoms with Crippen molar-refractivity contribution in [3.05, 3.63) is 0 Å². The summed E-state index contributed by atoms with van der Waals surface area (Å²) in [5.41, 5.74) is 0. The molecule has 1 rings (SSSR count). The molecule has 8 heteroatoms. The largest absolute Gasteiger partial charge is 0.384 e. The van der Waals surface area contributed by atoms with Crippen molar-refractivity contribution >= 4 is 16.1 Å². The van der Waals surface area contributed by atoms with Crippen LogP contribution in [0.4, 0.5) is 4.79 Å². The number of amides is 2. The molecule has 7 nitrogen and oxygen atoms in total. The molecule has 0 N–H and O–H groups in total. The molecule has 0 bridgehead atoms. The van der Waals surface area contributed by atoms with E-state index >= 15 is 0 Å². The van der Waals surface area contributed by atoms with E-state index in [0.717, 1.165) is 0 Å². The first-order chi connectivity index (χ1) is 9.46. The quantitative estimate of drug-likeness (QED) is 0.695. The lowest BCUT2D eigenvalue weighted by molar-refractivity contribution is 0.137. The Hall–Kier alpha value is -0.860. The Kier molecular flexibility index (Phi) is 6.70. The van der Waals surface area contributed by atoms with Crippen LogP contribution in [-0.4, -0.2) is 87.3 Å². The Morgan fingerprint density at radius 2 is 1.70 bits per heavy atom. The minimum absolute atomic E-state index is 0.00646. The number of hydrogen-bond acceptors (Lipinski definition) is 4. The highest BCUT2D eigenvalue weighted by molar-refractivity contribution is 7.89. The van der Waals surface area contributed by atoms with Gasteiger partial charge in [-0.05, 0) is 13.8 Å². The monoisotopic (exact) mass is 307 g/mol.